The van der Waals surface area contributed by atoms with Crippen molar-refractivity contribution in [3.05, 3.63) is 29.3 Å². The molecular formula is C14H19F2N3O. The molecule has 1 aliphatic heterocycles. The van der Waals surface area contributed by atoms with E-state index < -0.39 is 17.7 Å². The summed E-state index contributed by atoms with van der Waals surface area (Å²) in [6, 6.07) is 2.17. The van der Waals surface area contributed by atoms with Gasteiger partial charge in [-0.3, -0.25) is 5.41 Å². The highest BCUT2D eigenvalue weighted by atomic mass is 19.1. The number of halogens is 2. The second-order valence-electron chi connectivity index (χ2n) is 5.27. The zero-order valence-corrected chi connectivity index (χ0v) is 11.4. The maximum Gasteiger partial charge on any atom is 0.150 e. The fraction of sp³-hybridized carbons (Fsp3) is 0.500. The Labute approximate surface area is 116 Å². The monoisotopic (exact) mass is 283 g/mol. The van der Waals surface area contributed by atoms with E-state index in [9.17, 15) is 13.9 Å². The summed E-state index contributed by atoms with van der Waals surface area (Å²) in [5, 5.41) is 16.8. The van der Waals surface area contributed by atoms with Crippen LogP contribution < -0.4 is 10.6 Å². The number of piperidine rings is 1. The number of nitrogens with zero attached hydrogens (tertiary/aromatic N) is 1. The van der Waals surface area contributed by atoms with E-state index in [0.717, 1.165) is 12.1 Å². The highest BCUT2D eigenvalue weighted by Crippen LogP contribution is 2.30. The Morgan fingerprint density at radius 2 is 1.85 bits per heavy atom. The zero-order valence-electron chi connectivity index (χ0n) is 11.4. The predicted octanol–water partition coefficient (Wildman–Crippen LogP) is 1.85. The van der Waals surface area contributed by atoms with Gasteiger partial charge in [0.15, 0.2) is 0 Å². The average molecular weight is 283 g/mol. The maximum absolute atomic E-state index is 14.0. The summed E-state index contributed by atoms with van der Waals surface area (Å²) in [5.74, 6) is -1.59. The van der Waals surface area contributed by atoms with Gasteiger partial charge in [-0.2, -0.15) is 0 Å². The summed E-state index contributed by atoms with van der Waals surface area (Å²) in [5.41, 5.74) is 5.21. The molecule has 0 radical (unpaired) electrons. The molecule has 0 aliphatic carbocycles. The number of rotatable bonds is 3. The number of anilines is 1. The van der Waals surface area contributed by atoms with Crippen molar-refractivity contribution in [2.45, 2.75) is 25.9 Å². The highest BCUT2D eigenvalue weighted by Gasteiger charge is 2.26. The number of nitrogens with one attached hydrogen (secondary N) is 1. The van der Waals surface area contributed by atoms with Crippen molar-refractivity contribution in [2.24, 2.45) is 11.7 Å². The van der Waals surface area contributed by atoms with E-state index in [-0.39, 0.29) is 23.0 Å². The van der Waals surface area contributed by atoms with Gasteiger partial charge in [-0.1, -0.05) is 0 Å². The molecule has 110 valence electrons. The van der Waals surface area contributed by atoms with E-state index in [4.69, 9.17) is 11.1 Å². The van der Waals surface area contributed by atoms with Gasteiger partial charge in [0.1, 0.15) is 23.2 Å². The minimum absolute atomic E-state index is 0.0441. The molecule has 1 saturated heterocycles. The number of benzene rings is 1. The van der Waals surface area contributed by atoms with Crippen molar-refractivity contribution < 1.29 is 13.9 Å². The lowest BCUT2D eigenvalue weighted by molar-refractivity contribution is 0.109. The van der Waals surface area contributed by atoms with Crippen LogP contribution in [0.2, 0.25) is 0 Å². The Balaban J connectivity index is 2.20. The molecule has 0 bridgehead atoms. The van der Waals surface area contributed by atoms with Crippen LogP contribution in [0.4, 0.5) is 14.5 Å². The van der Waals surface area contributed by atoms with E-state index >= 15 is 0 Å². The van der Waals surface area contributed by atoms with Gasteiger partial charge in [-0.15, -0.1) is 0 Å². The SMILES string of the molecule is CC(O)C1CCN(c2c(F)cc(C(=N)N)cc2F)CC1. The normalized spacial score (nSPS) is 18.1. The van der Waals surface area contributed by atoms with Crippen molar-refractivity contribution >= 4 is 11.5 Å². The molecule has 1 aliphatic rings. The van der Waals surface area contributed by atoms with Crippen LogP contribution >= 0.6 is 0 Å². The molecule has 1 fully saturated rings. The molecule has 0 spiro atoms. The molecule has 2 rings (SSSR count). The van der Waals surface area contributed by atoms with Crippen LogP contribution in [0.25, 0.3) is 0 Å². The Hall–Kier alpha value is -1.69. The van der Waals surface area contributed by atoms with E-state index in [2.05, 4.69) is 0 Å². The molecule has 0 saturated carbocycles. The quantitative estimate of drug-likeness (QED) is 0.585. The lowest BCUT2D eigenvalue weighted by atomic mass is 9.92. The van der Waals surface area contributed by atoms with Gasteiger partial charge in [0, 0.05) is 18.7 Å². The van der Waals surface area contributed by atoms with Gasteiger partial charge in [-0.05, 0) is 37.8 Å². The van der Waals surface area contributed by atoms with Gasteiger partial charge < -0.3 is 15.7 Å². The first-order valence-electron chi connectivity index (χ1n) is 6.66. The van der Waals surface area contributed by atoms with E-state index in [1.807, 2.05) is 0 Å². The van der Waals surface area contributed by atoms with E-state index in [1.54, 1.807) is 11.8 Å². The Morgan fingerprint density at radius 1 is 1.35 bits per heavy atom. The van der Waals surface area contributed by atoms with Crippen LogP contribution in [0.5, 0.6) is 0 Å². The van der Waals surface area contributed by atoms with Gasteiger partial charge in [0.25, 0.3) is 0 Å². The number of aliphatic hydroxyl groups excluding tert-OH is 1. The second-order valence-corrected chi connectivity index (χ2v) is 5.27. The molecule has 1 aromatic carbocycles. The number of aliphatic hydroxyl groups is 1. The zero-order chi connectivity index (χ0) is 14.9. The van der Waals surface area contributed by atoms with Crippen LogP contribution in [0.3, 0.4) is 0 Å². The van der Waals surface area contributed by atoms with Crippen molar-refractivity contribution in [2.75, 3.05) is 18.0 Å². The summed E-state index contributed by atoms with van der Waals surface area (Å²) in [6.45, 7) is 2.74. The Morgan fingerprint density at radius 3 is 2.25 bits per heavy atom. The average Bonchev–Trinajstić information content (AvgIpc) is 2.38. The van der Waals surface area contributed by atoms with Gasteiger partial charge >= 0.3 is 0 Å². The molecule has 1 aromatic rings. The van der Waals surface area contributed by atoms with Crippen LogP contribution in [0.1, 0.15) is 25.3 Å². The number of amidine groups is 1. The number of nitrogen functional groups attached to an aromatic ring is 1. The van der Waals surface area contributed by atoms with Crippen LogP contribution in [0, 0.1) is 23.0 Å². The third-order valence-corrected chi connectivity index (χ3v) is 3.87. The van der Waals surface area contributed by atoms with Crippen LogP contribution in [-0.4, -0.2) is 30.1 Å². The molecule has 0 aromatic heterocycles. The van der Waals surface area contributed by atoms with Crippen molar-refractivity contribution in [1.82, 2.24) is 0 Å². The minimum atomic E-state index is -0.703. The predicted molar refractivity (Wildman–Crippen MR) is 74.0 cm³/mol. The number of hydrogen-bond donors (Lipinski definition) is 3. The van der Waals surface area contributed by atoms with Crippen LogP contribution in [0.15, 0.2) is 12.1 Å². The first kappa shape index (κ1) is 14.7. The summed E-state index contributed by atoms with van der Waals surface area (Å²) in [7, 11) is 0. The summed E-state index contributed by atoms with van der Waals surface area (Å²) in [4.78, 5) is 1.65. The topological polar surface area (TPSA) is 73.3 Å². The first-order valence-corrected chi connectivity index (χ1v) is 6.66. The number of hydrogen-bond acceptors (Lipinski definition) is 3. The summed E-state index contributed by atoms with van der Waals surface area (Å²) >= 11 is 0. The highest BCUT2D eigenvalue weighted by molar-refractivity contribution is 5.95. The third-order valence-electron chi connectivity index (χ3n) is 3.87. The molecule has 4 nitrogen and oxygen atoms in total. The molecule has 1 atom stereocenters. The molecule has 1 heterocycles. The molecule has 1 unspecified atom stereocenters. The summed E-state index contributed by atoms with van der Waals surface area (Å²) in [6.07, 6.45) is 1.00. The lowest BCUT2D eigenvalue weighted by Crippen LogP contribution is -2.38. The summed E-state index contributed by atoms with van der Waals surface area (Å²) < 4.78 is 28.1. The fourth-order valence-electron chi connectivity index (χ4n) is 2.63. The van der Waals surface area contributed by atoms with Gasteiger partial charge in [0.05, 0.1) is 6.10 Å². The standard InChI is InChI=1S/C14H19F2N3O/c1-8(20)9-2-4-19(5-3-9)13-11(15)6-10(14(17)18)7-12(13)16/h6-9,20H,2-5H2,1H3,(H3,17,18). The largest absolute Gasteiger partial charge is 0.393 e. The molecule has 0 amide bonds. The molecule has 20 heavy (non-hydrogen) atoms. The number of nitrogens with two attached hydrogens (primary N) is 1. The molecular weight excluding hydrogens is 264 g/mol. The lowest BCUT2D eigenvalue weighted by Gasteiger charge is -2.35. The fourth-order valence-corrected chi connectivity index (χ4v) is 2.63. The first-order chi connectivity index (χ1) is 9.40. The van der Waals surface area contributed by atoms with Crippen molar-refractivity contribution in [3.8, 4) is 0 Å². The smallest absolute Gasteiger partial charge is 0.150 e. The second kappa shape index (κ2) is 5.75. The van der Waals surface area contributed by atoms with Gasteiger partial charge in [0.2, 0.25) is 0 Å². The Kier molecular flexibility index (Phi) is 4.23. The third kappa shape index (κ3) is 2.90. The van der Waals surface area contributed by atoms with Gasteiger partial charge in [-0.25, -0.2) is 8.78 Å². The molecule has 4 N–H and O–H groups in total. The van der Waals surface area contributed by atoms with Crippen molar-refractivity contribution in [1.29, 1.82) is 5.41 Å². The van der Waals surface area contributed by atoms with Crippen molar-refractivity contribution in [3.63, 3.8) is 0 Å². The Bertz CT molecular complexity index is 488. The van der Waals surface area contributed by atoms with Crippen LogP contribution in [-0.2, 0) is 0 Å². The molecule has 6 heteroatoms. The minimum Gasteiger partial charge on any atom is -0.393 e. The van der Waals surface area contributed by atoms with E-state index in [0.29, 0.717) is 25.9 Å². The van der Waals surface area contributed by atoms with E-state index in [1.165, 1.54) is 0 Å². The maximum atomic E-state index is 14.0.